The molecule has 0 spiro atoms. The van der Waals surface area contributed by atoms with Crippen LogP contribution in [-0.2, 0) is 16.0 Å². The van der Waals surface area contributed by atoms with Crippen LogP contribution in [0.25, 0.3) is 0 Å². The summed E-state index contributed by atoms with van der Waals surface area (Å²) in [5.41, 5.74) is 1.14. The molecule has 2 aromatic rings. The SMILES string of the molecule is C=CC=NC1=C(C)O[C@H](C)[C@H](NC(=O)c2cc(Cc3ccccc3)on2)C(=O)N1C. The molecule has 2 heterocycles. The fraction of sp³-hybridized carbons (Fsp3) is 0.273. The molecule has 0 saturated heterocycles. The summed E-state index contributed by atoms with van der Waals surface area (Å²) < 4.78 is 11.1. The van der Waals surface area contributed by atoms with Crippen molar-refractivity contribution < 1.29 is 18.8 Å². The first-order chi connectivity index (χ1) is 14.4. The van der Waals surface area contributed by atoms with Crippen LogP contribution in [0.2, 0.25) is 0 Å². The molecule has 2 amide bonds. The van der Waals surface area contributed by atoms with E-state index in [0.717, 1.165) is 5.56 Å². The third kappa shape index (κ3) is 4.65. The first kappa shape index (κ1) is 21.0. The Kier molecular flexibility index (Phi) is 6.46. The molecular formula is C22H24N4O4. The lowest BCUT2D eigenvalue weighted by atomic mass is 10.1. The summed E-state index contributed by atoms with van der Waals surface area (Å²) in [6, 6.07) is 10.4. The monoisotopic (exact) mass is 408 g/mol. The maximum atomic E-state index is 12.9. The van der Waals surface area contributed by atoms with E-state index in [2.05, 4.69) is 22.0 Å². The standard InChI is InChI=1S/C22H24N4O4/c1-5-11-23-20-15(3)29-14(2)19(22(28)26(20)4)24-21(27)18-13-17(30-25-18)12-16-9-7-6-8-10-16/h5-11,13-14,19H,1,12H2,2-4H3,(H,24,27)/t14-,19+/m1/s1. The van der Waals surface area contributed by atoms with Gasteiger partial charge in [-0.15, -0.1) is 0 Å². The molecule has 1 N–H and O–H groups in total. The minimum atomic E-state index is -0.914. The first-order valence-corrected chi connectivity index (χ1v) is 9.51. The molecule has 1 aromatic heterocycles. The van der Waals surface area contributed by atoms with Gasteiger partial charge in [-0.25, -0.2) is 4.99 Å². The predicted octanol–water partition coefficient (Wildman–Crippen LogP) is 2.69. The predicted molar refractivity (Wildman–Crippen MR) is 112 cm³/mol. The molecule has 30 heavy (non-hydrogen) atoms. The van der Waals surface area contributed by atoms with E-state index in [-0.39, 0.29) is 11.6 Å². The second-order valence-corrected chi connectivity index (χ2v) is 6.91. The molecule has 3 rings (SSSR count). The Morgan fingerprint density at radius 2 is 2.10 bits per heavy atom. The highest BCUT2D eigenvalue weighted by Crippen LogP contribution is 2.21. The second-order valence-electron chi connectivity index (χ2n) is 6.91. The van der Waals surface area contributed by atoms with Crippen molar-refractivity contribution in [2.24, 2.45) is 4.99 Å². The van der Waals surface area contributed by atoms with E-state index in [0.29, 0.717) is 23.8 Å². The van der Waals surface area contributed by atoms with Crippen LogP contribution in [0.5, 0.6) is 0 Å². The number of rotatable bonds is 6. The van der Waals surface area contributed by atoms with Crippen molar-refractivity contribution in [2.75, 3.05) is 7.05 Å². The van der Waals surface area contributed by atoms with Crippen LogP contribution < -0.4 is 5.32 Å². The van der Waals surface area contributed by atoms with Gasteiger partial charge in [0, 0.05) is 25.7 Å². The van der Waals surface area contributed by atoms with Crippen molar-refractivity contribution in [3.05, 3.63) is 77.7 Å². The number of carbonyl (C=O) groups is 2. The van der Waals surface area contributed by atoms with Crippen LogP contribution in [0.4, 0.5) is 0 Å². The summed E-state index contributed by atoms with van der Waals surface area (Å²) in [6.07, 6.45) is 2.89. The van der Waals surface area contributed by atoms with Crippen molar-refractivity contribution in [1.82, 2.24) is 15.4 Å². The van der Waals surface area contributed by atoms with E-state index in [9.17, 15) is 9.59 Å². The third-order valence-electron chi connectivity index (χ3n) is 4.66. The highest BCUT2D eigenvalue weighted by molar-refractivity contribution is 5.96. The molecule has 1 aliphatic heterocycles. The minimum absolute atomic E-state index is 0.0995. The van der Waals surface area contributed by atoms with Crippen molar-refractivity contribution in [3.63, 3.8) is 0 Å². The highest BCUT2D eigenvalue weighted by Gasteiger charge is 2.36. The Labute approximate surface area is 174 Å². The Hall–Kier alpha value is -3.68. The van der Waals surface area contributed by atoms with Gasteiger partial charge in [-0.3, -0.25) is 14.5 Å². The van der Waals surface area contributed by atoms with Crippen molar-refractivity contribution in [3.8, 4) is 0 Å². The fourth-order valence-corrected chi connectivity index (χ4v) is 3.14. The number of likely N-dealkylation sites (N-methyl/N-ethyl adjacent to an activating group) is 1. The summed E-state index contributed by atoms with van der Waals surface area (Å²) in [6.45, 7) is 7.01. The van der Waals surface area contributed by atoms with E-state index in [1.807, 2.05) is 30.3 Å². The zero-order valence-corrected chi connectivity index (χ0v) is 17.2. The van der Waals surface area contributed by atoms with Crippen molar-refractivity contribution in [1.29, 1.82) is 0 Å². The average molecular weight is 408 g/mol. The second kappa shape index (κ2) is 9.21. The van der Waals surface area contributed by atoms with Crippen LogP contribution in [0.3, 0.4) is 0 Å². The lowest BCUT2D eigenvalue weighted by Gasteiger charge is -2.23. The van der Waals surface area contributed by atoms with Crippen molar-refractivity contribution >= 4 is 18.0 Å². The molecule has 1 aliphatic rings. The van der Waals surface area contributed by atoms with Crippen LogP contribution in [0, 0.1) is 0 Å². The smallest absolute Gasteiger partial charge is 0.274 e. The number of hydrogen-bond acceptors (Lipinski definition) is 6. The number of allylic oxidation sites excluding steroid dienone is 2. The molecule has 2 atom stereocenters. The van der Waals surface area contributed by atoms with Gasteiger partial charge < -0.3 is 14.6 Å². The van der Waals surface area contributed by atoms with E-state index in [1.54, 1.807) is 27.0 Å². The van der Waals surface area contributed by atoms with E-state index in [4.69, 9.17) is 9.26 Å². The number of aliphatic imine (C=N–C) groups is 1. The molecule has 0 bridgehead atoms. The number of nitrogens with one attached hydrogen (secondary N) is 1. The first-order valence-electron chi connectivity index (χ1n) is 9.51. The lowest BCUT2D eigenvalue weighted by molar-refractivity contribution is -0.131. The molecule has 0 unspecified atom stereocenters. The minimum Gasteiger partial charge on any atom is -0.489 e. The molecule has 8 nitrogen and oxygen atoms in total. The topological polar surface area (TPSA) is 97.0 Å². The molecule has 8 heteroatoms. The molecule has 0 fully saturated rings. The maximum absolute atomic E-state index is 12.9. The third-order valence-corrected chi connectivity index (χ3v) is 4.66. The molecular weight excluding hydrogens is 384 g/mol. The Morgan fingerprint density at radius 3 is 2.80 bits per heavy atom. The Bertz CT molecular complexity index is 994. The molecule has 0 radical (unpaired) electrons. The van der Waals surface area contributed by atoms with E-state index in [1.165, 1.54) is 17.2 Å². The van der Waals surface area contributed by atoms with Crippen LogP contribution in [-0.4, -0.2) is 47.3 Å². The van der Waals surface area contributed by atoms with Gasteiger partial charge >= 0.3 is 0 Å². The number of hydrogen-bond donors (Lipinski definition) is 1. The number of carbonyl (C=O) groups excluding carboxylic acids is 2. The number of nitrogens with zero attached hydrogens (tertiary/aromatic N) is 3. The van der Waals surface area contributed by atoms with Gasteiger partial charge in [-0.05, 0) is 19.4 Å². The summed E-state index contributed by atoms with van der Waals surface area (Å²) in [7, 11) is 1.58. The number of aromatic nitrogens is 1. The number of ether oxygens (including phenoxy) is 1. The van der Waals surface area contributed by atoms with E-state index < -0.39 is 18.1 Å². The number of amides is 2. The Balaban J connectivity index is 1.73. The molecule has 1 aromatic carbocycles. The van der Waals surface area contributed by atoms with Crippen LogP contribution in [0.1, 0.15) is 35.7 Å². The van der Waals surface area contributed by atoms with Crippen LogP contribution in [0.15, 0.2) is 70.1 Å². The lowest BCUT2D eigenvalue weighted by Crippen LogP contribution is -2.51. The quantitative estimate of drug-likeness (QED) is 0.741. The molecule has 156 valence electrons. The summed E-state index contributed by atoms with van der Waals surface area (Å²) >= 11 is 0. The van der Waals surface area contributed by atoms with Gasteiger partial charge in [0.25, 0.3) is 11.8 Å². The summed E-state index contributed by atoms with van der Waals surface area (Å²) in [5, 5.41) is 6.55. The average Bonchev–Trinajstić information content (AvgIpc) is 3.18. The maximum Gasteiger partial charge on any atom is 0.274 e. The highest BCUT2D eigenvalue weighted by atomic mass is 16.5. The fourth-order valence-electron chi connectivity index (χ4n) is 3.14. The van der Waals surface area contributed by atoms with Gasteiger partial charge in [0.2, 0.25) is 0 Å². The van der Waals surface area contributed by atoms with Gasteiger partial charge in [0.05, 0.1) is 0 Å². The van der Waals surface area contributed by atoms with Crippen molar-refractivity contribution in [2.45, 2.75) is 32.4 Å². The Morgan fingerprint density at radius 1 is 1.37 bits per heavy atom. The zero-order chi connectivity index (χ0) is 21.7. The van der Waals surface area contributed by atoms with Gasteiger partial charge in [0.15, 0.2) is 11.5 Å². The number of benzene rings is 1. The van der Waals surface area contributed by atoms with Gasteiger partial charge in [-0.2, -0.15) is 0 Å². The van der Waals surface area contributed by atoms with Gasteiger partial charge in [0.1, 0.15) is 23.7 Å². The summed E-state index contributed by atoms with van der Waals surface area (Å²) in [4.78, 5) is 31.2. The molecule has 0 saturated carbocycles. The normalized spacial score (nSPS) is 19.6. The molecule has 0 aliphatic carbocycles. The van der Waals surface area contributed by atoms with E-state index >= 15 is 0 Å². The summed E-state index contributed by atoms with van der Waals surface area (Å²) in [5.74, 6) is 0.515. The largest absolute Gasteiger partial charge is 0.489 e. The zero-order valence-electron chi connectivity index (χ0n) is 17.2. The van der Waals surface area contributed by atoms with Crippen LogP contribution >= 0.6 is 0 Å². The van der Waals surface area contributed by atoms with Gasteiger partial charge in [-0.1, -0.05) is 48.1 Å².